The molecular formula is C12H17FO2. The van der Waals surface area contributed by atoms with Crippen LogP contribution in [0.1, 0.15) is 37.0 Å². The van der Waals surface area contributed by atoms with E-state index < -0.39 is 5.82 Å². The van der Waals surface area contributed by atoms with Gasteiger partial charge in [-0.25, -0.2) is 4.39 Å². The highest BCUT2D eigenvalue weighted by molar-refractivity contribution is 5.96. The predicted molar refractivity (Wildman–Crippen MR) is 58.4 cm³/mol. The molecule has 2 nitrogen and oxygen atoms in total. The summed E-state index contributed by atoms with van der Waals surface area (Å²) in [6, 6.07) is 6.08. The van der Waals surface area contributed by atoms with Crippen molar-refractivity contribution < 1.29 is 14.3 Å². The van der Waals surface area contributed by atoms with E-state index in [-0.39, 0.29) is 18.0 Å². The molecule has 0 radical (unpaired) electrons. The quantitative estimate of drug-likeness (QED) is 0.782. The van der Waals surface area contributed by atoms with E-state index in [0.717, 1.165) is 6.42 Å². The van der Waals surface area contributed by atoms with Crippen molar-refractivity contribution in [2.75, 3.05) is 6.61 Å². The van der Waals surface area contributed by atoms with Crippen molar-refractivity contribution in [3.63, 3.8) is 0 Å². The van der Waals surface area contributed by atoms with Crippen LogP contribution in [0.3, 0.4) is 0 Å². The van der Waals surface area contributed by atoms with Gasteiger partial charge < -0.3 is 5.11 Å². The summed E-state index contributed by atoms with van der Waals surface area (Å²) in [5.74, 6) is -0.536. The second kappa shape index (κ2) is 8.12. The number of halogens is 1. The topological polar surface area (TPSA) is 37.3 Å². The standard InChI is InChI=1S/C10H11FO.C2H6O/c1-2-5-10(12)8-6-3-4-7-9(8)11;1-2-3/h3-4,6-7H,2,5H2,1H3;3H,2H2,1H3. The Bertz CT molecular complexity index is 297. The third-order valence-corrected chi connectivity index (χ3v) is 1.65. The van der Waals surface area contributed by atoms with E-state index in [4.69, 9.17) is 5.11 Å². The summed E-state index contributed by atoms with van der Waals surface area (Å²) in [6.07, 6.45) is 1.17. The van der Waals surface area contributed by atoms with E-state index in [2.05, 4.69) is 0 Å². The molecule has 0 unspecified atom stereocenters. The lowest BCUT2D eigenvalue weighted by Gasteiger charge is -1.99. The molecule has 15 heavy (non-hydrogen) atoms. The lowest BCUT2D eigenvalue weighted by Crippen LogP contribution is -2.00. The number of aliphatic hydroxyl groups is 1. The first-order valence-electron chi connectivity index (χ1n) is 5.05. The molecule has 0 spiro atoms. The Labute approximate surface area is 89.7 Å². The number of carbonyl (C=O) groups is 1. The van der Waals surface area contributed by atoms with E-state index in [0.29, 0.717) is 6.42 Å². The molecule has 3 heteroatoms. The van der Waals surface area contributed by atoms with Gasteiger partial charge in [0.2, 0.25) is 0 Å². The van der Waals surface area contributed by atoms with Crippen LogP contribution < -0.4 is 0 Å². The number of carbonyl (C=O) groups excluding carboxylic acids is 1. The first kappa shape index (κ1) is 13.8. The zero-order chi connectivity index (χ0) is 11.7. The molecule has 1 aromatic carbocycles. The molecule has 0 aliphatic heterocycles. The smallest absolute Gasteiger partial charge is 0.165 e. The van der Waals surface area contributed by atoms with Crippen LogP contribution in [-0.4, -0.2) is 17.5 Å². The minimum absolute atomic E-state index is 0.115. The fraction of sp³-hybridized carbons (Fsp3) is 0.417. The molecule has 0 amide bonds. The summed E-state index contributed by atoms with van der Waals surface area (Å²) in [6.45, 7) is 3.83. The number of hydrogen-bond donors (Lipinski definition) is 1. The summed E-state index contributed by atoms with van der Waals surface area (Å²) < 4.78 is 12.9. The molecule has 0 fully saturated rings. The van der Waals surface area contributed by atoms with Gasteiger partial charge in [0.05, 0.1) is 5.56 Å². The Morgan fingerprint density at radius 2 is 1.87 bits per heavy atom. The van der Waals surface area contributed by atoms with Gasteiger partial charge in [-0.15, -0.1) is 0 Å². The number of Topliss-reactive ketones (excluding diaryl/α,β-unsaturated/α-hetero) is 1. The maximum absolute atomic E-state index is 12.9. The normalized spacial score (nSPS) is 9.07. The molecule has 1 aromatic rings. The van der Waals surface area contributed by atoms with Crippen molar-refractivity contribution in [2.45, 2.75) is 26.7 Å². The van der Waals surface area contributed by atoms with E-state index in [1.54, 1.807) is 19.1 Å². The molecule has 1 N–H and O–H groups in total. The van der Waals surface area contributed by atoms with Crippen molar-refractivity contribution in [3.8, 4) is 0 Å². The van der Waals surface area contributed by atoms with Crippen molar-refractivity contribution in [2.24, 2.45) is 0 Å². The van der Waals surface area contributed by atoms with Gasteiger partial charge in [0.15, 0.2) is 5.78 Å². The van der Waals surface area contributed by atoms with Crippen molar-refractivity contribution in [3.05, 3.63) is 35.6 Å². The van der Waals surface area contributed by atoms with Crippen molar-refractivity contribution in [1.29, 1.82) is 0 Å². The Kier molecular flexibility index (Phi) is 7.46. The van der Waals surface area contributed by atoms with Crippen LogP contribution in [0.2, 0.25) is 0 Å². The molecule has 0 aliphatic carbocycles. The van der Waals surface area contributed by atoms with Crippen molar-refractivity contribution in [1.82, 2.24) is 0 Å². The van der Waals surface area contributed by atoms with Crippen molar-refractivity contribution >= 4 is 5.78 Å². The lowest BCUT2D eigenvalue weighted by atomic mass is 10.1. The summed E-state index contributed by atoms with van der Waals surface area (Å²) in [7, 11) is 0. The molecular weight excluding hydrogens is 195 g/mol. The predicted octanol–water partition coefficient (Wildman–Crippen LogP) is 2.81. The largest absolute Gasteiger partial charge is 0.397 e. The molecule has 84 valence electrons. The van der Waals surface area contributed by atoms with E-state index in [9.17, 15) is 9.18 Å². The third-order valence-electron chi connectivity index (χ3n) is 1.65. The molecule has 0 bridgehead atoms. The van der Waals surface area contributed by atoms with E-state index in [1.165, 1.54) is 12.1 Å². The molecule has 0 atom stereocenters. The van der Waals surface area contributed by atoms with Crippen LogP contribution in [-0.2, 0) is 0 Å². The molecule has 0 aromatic heterocycles. The highest BCUT2D eigenvalue weighted by atomic mass is 19.1. The van der Waals surface area contributed by atoms with Gasteiger partial charge in [0, 0.05) is 13.0 Å². The minimum Gasteiger partial charge on any atom is -0.397 e. The number of rotatable bonds is 3. The van der Waals surface area contributed by atoms with E-state index >= 15 is 0 Å². The zero-order valence-corrected chi connectivity index (χ0v) is 9.16. The van der Waals surface area contributed by atoms with Gasteiger partial charge in [-0.05, 0) is 25.5 Å². The van der Waals surface area contributed by atoms with Gasteiger partial charge in [0.25, 0.3) is 0 Å². The maximum atomic E-state index is 12.9. The van der Waals surface area contributed by atoms with Crippen LogP contribution in [0.4, 0.5) is 4.39 Å². The monoisotopic (exact) mass is 212 g/mol. The first-order valence-corrected chi connectivity index (χ1v) is 5.05. The Morgan fingerprint density at radius 1 is 1.33 bits per heavy atom. The number of benzene rings is 1. The summed E-state index contributed by atoms with van der Waals surface area (Å²) in [5, 5.41) is 7.57. The van der Waals surface area contributed by atoms with Gasteiger partial charge in [-0.2, -0.15) is 0 Å². The third kappa shape index (κ3) is 5.27. The maximum Gasteiger partial charge on any atom is 0.165 e. The van der Waals surface area contributed by atoms with E-state index in [1.807, 2.05) is 6.92 Å². The molecule has 0 saturated heterocycles. The fourth-order valence-electron chi connectivity index (χ4n) is 1.05. The average Bonchev–Trinajstić information content (AvgIpc) is 2.20. The summed E-state index contributed by atoms with van der Waals surface area (Å²) in [5.41, 5.74) is 0.208. The van der Waals surface area contributed by atoms with Gasteiger partial charge >= 0.3 is 0 Å². The van der Waals surface area contributed by atoms with Crippen LogP contribution in [0.25, 0.3) is 0 Å². The average molecular weight is 212 g/mol. The van der Waals surface area contributed by atoms with Crippen LogP contribution in [0.5, 0.6) is 0 Å². The van der Waals surface area contributed by atoms with Crippen LogP contribution >= 0.6 is 0 Å². The molecule has 0 heterocycles. The number of ketones is 1. The molecule has 0 aliphatic rings. The SMILES string of the molecule is CCCC(=O)c1ccccc1F.CCO. The lowest BCUT2D eigenvalue weighted by molar-refractivity contribution is 0.0978. The van der Waals surface area contributed by atoms with Gasteiger partial charge in [0.1, 0.15) is 5.82 Å². The second-order valence-corrected chi connectivity index (χ2v) is 2.97. The Balaban J connectivity index is 0.000000583. The second-order valence-electron chi connectivity index (χ2n) is 2.97. The van der Waals surface area contributed by atoms with Gasteiger partial charge in [-0.1, -0.05) is 19.1 Å². The minimum atomic E-state index is -0.420. The highest BCUT2D eigenvalue weighted by Gasteiger charge is 2.08. The van der Waals surface area contributed by atoms with Crippen LogP contribution in [0, 0.1) is 5.82 Å². The first-order chi connectivity index (χ1) is 7.17. The molecule has 1 rings (SSSR count). The number of hydrogen-bond acceptors (Lipinski definition) is 2. The number of aliphatic hydroxyl groups excluding tert-OH is 1. The Morgan fingerprint density at radius 3 is 2.33 bits per heavy atom. The summed E-state index contributed by atoms with van der Waals surface area (Å²) in [4.78, 5) is 11.2. The summed E-state index contributed by atoms with van der Waals surface area (Å²) >= 11 is 0. The highest BCUT2D eigenvalue weighted by Crippen LogP contribution is 2.09. The Hall–Kier alpha value is -1.22. The van der Waals surface area contributed by atoms with Gasteiger partial charge in [-0.3, -0.25) is 4.79 Å². The molecule has 0 saturated carbocycles. The fourth-order valence-corrected chi connectivity index (χ4v) is 1.05. The van der Waals surface area contributed by atoms with Crippen LogP contribution in [0.15, 0.2) is 24.3 Å². The zero-order valence-electron chi connectivity index (χ0n) is 9.16.